The number of anilines is 2. The van der Waals surface area contributed by atoms with E-state index in [-0.39, 0.29) is 5.91 Å². The minimum atomic E-state index is -0.223. The van der Waals surface area contributed by atoms with E-state index >= 15 is 0 Å². The Kier molecular flexibility index (Phi) is 6.79. The third kappa shape index (κ3) is 5.41. The van der Waals surface area contributed by atoms with Crippen LogP contribution in [0.15, 0.2) is 72.9 Å². The number of nitrogens with one attached hydrogen (secondary N) is 1. The van der Waals surface area contributed by atoms with Crippen molar-refractivity contribution in [3.63, 3.8) is 0 Å². The Balaban J connectivity index is 1.32. The molecule has 3 aromatic rings. The molecule has 0 spiro atoms. The van der Waals surface area contributed by atoms with Gasteiger partial charge in [0.15, 0.2) is 0 Å². The first kappa shape index (κ1) is 20.9. The minimum absolute atomic E-state index is 0.223. The first-order chi connectivity index (χ1) is 15.2. The van der Waals surface area contributed by atoms with E-state index in [1.807, 2.05) is 19.1 Å². The number of pyridine rings is 1. The molecule has 0 saturated carbocycles. The first-order valence-corrected chi connectivity index (χ1v) is 10.7. The average Bonchev–Trinajstić information content (AvgIpc) is 2.81. The van der Waals surface area contributed by atoms with Gasteiger partial charge in [0.25, 0.3) is 5.91 Å². The van der Waals surface area contributed by atoms with Crippen LogP contribution in [0.5, 0.6) is 5.88 Å². The highest BCUT2D eigenvalue weighted by Crippen LogP contribution is 2.22. The fourth-order valence-corrected chi connectivity index (χ4v) is 3.78. The molecule has 1 N–H and O–H groups in total. The van der Waals surface area contributed by atoms with Gasteiger partial charge in [0.1, 0.15) is 5.56 Å². The van der Waals surface area contributed by atoms with Crippen LogP contribution in [0.25, 0.3) is 0 Å². The smallest absolute Gasteiger partial charge is 0.261 e. The van der Waals surface area contributed by atoms with E-state index in [1.165, 1.54) is 11.3 Å². The van der Waals surface area contributed by atoms with Crippen LogP contribution >= 0.6 is 0 Å². The number of hydrogen-bond acceptors (Lipinski definition) is 5. The number of amides is 1. The Labute approximate surface area is 183 Å². The SMILES string of the molecule is CCOc1ncccc1C(=O)Nc1ccc(N2CCN(Cc3ccccc3)CC2)cc1. The predicted octanol–water partition coefficient (Wildman–Crippen LogP) is 4.05. The molecule has 1 amide bonds. The van der Waals surface area contributed by atoms with Crippen molar-refractivity contribution in [2.45, 2.75) is 13.5 Å². The second kappa shape index (κ2) is 10.1. The summed E-state index contributed by atoms with van der Waals surface area (Å²) >= 11 is 0. The van der Waals surface area contributed by atoms with Gasteiger partial charge in [-0.1, -0.05) is 30.3 Å². The highest BCUT2D eigenvalue weighted by atomic mass is 16.5. The number of piperazine rings is 1. The zero-order chi connectivity index (χ0) is 21.5. The third-order valence-electron chi connectivity index (χ3n) is 5.41. The van der Waals surface area contributed by atoms with Crippen molar-refractivity contribution in [3.05, 3.63) is 84.1 Å². The number of nitrogens with zero attached hydrogens (tertiary/aromatic N) is 3. The lowest BCUT2D eigenvalue weighted by atomic mass is 10.2. The summed E-state index contributed by atoms with van der Waals surface area (Å²) in [5, 5.41) is 2.94. The predicted molar refractivity (Wildman–Crippen MR) is 124 cm³/mol. The largest absolute Gasteiger partial charge is 0.477 e. The van der Waals surface area contributed by atoms with Crippen molar-refractivity contribution in [3.8, 4) is 5.88 Å². The molecule has 1 aliphatic rings. The van der Waals surface area contributed by atoms with E-state index in [9.17, 15) is 4.79 Å². The van der Waals surface area contributed by atoms with Gasteiger partial charge in [0.05, 0.1) is 6.61 Å². The van der Waals surface area contributed by atoms with Crippen LogP contribution in [0.4, 0.5) is 11.4 Å². The molecule has 2 heterocycles. The zero-order valence-electron chi connectivity index (χ0n) is 17.8. The lowest BCUT2D eigenvalue weighted by Gasteiger charge is -2.36. The lowest BCUT2D eigenvalue weighted by molar-refractivity contribution is 0.102. The maximum atomic E-state index is 12.6. The van der Waals surface area contributed by atoms with Gasteiger partial charge < -0.3 is 15.0 Å². The maximum Gasteiger partial charge on any atom is 0.261 e. The number of aromatic nitrogens is 1. The Bertz CT molecular complexity index is 984. The van der Waals surface area contributed by atoms with Gasteiger partial charge in [0, 0.05) is 50.3 Å². The van der Waals surface area contributed by atoms with Gasteiger partial charge in [-0.2, -0.15) is 0 Å². The van der Waals surface area contributed by atoms with Gasteiger partial charge in [-0.3, -0.25) is 9.69 Å². The lowest BCUT2D eigenvalue weighted by Crippen LogP contribution is -2.45. The molecular formula is C25H28N4O2. The molecule has 6 nitrogen and oxygen atoms in total. The molecule has 1 aromatic heterocycles. The number of hydrogen-bond donors (Lipinski definition) is 1. The van der Waals surface area contributed by atoms with Crippen molar-refractivity contribution in [2.24, 2.45) is 0 Å². The summed E-state index contributed by atoms with van der Waals surface area (Å²) in [6.45, 7) is 7.39. The summed E-state index contributed by atoms with van der Waals surface area (Å²) in [6.07, 6.45) is 1.62. The fourth-order valence-electron chi connectivity index (χ4n) is 3.78. The van der Waals surface area contributed by atoms with Crippen molar-refractivity contribution in [1.29, 1.82) is 0 Å². The molecule has 1 aliphatic heterocycles. The highest BCUT2D eigenvalue weighted by Gasteiger charge is 2.18. The summed E-state index contributed by atoms with van der Waals surface area (Å²) < 4.78 is 5.46. The zero-order valence-corrected chi connectivity index (χ0v) is 17.8. The monoisotopic (exact) mass is 416 g/mol. The molecule has 2 aromatic carbocycles. The number of carbonyl (C=O) groups is 1. The Hall–Kier alpha value is -3.38. The quantitative estimate of drug-likeness (QED) is 0.630. The van der Waals surface area contributed by atoms with Crippen molar-refractivity contribution in [2.75, 3.05) is 43.0 Å². The average molecular weight is 417 g/mol. The van der Waals surface area contributed by atoms with E-state index in [2.05, 4.69) is 62.6 Å². The van der Waals surface area contributed by atoms with E-state index in [0.29, 0.717) is 18.1 Å². The van der Waals surface area contributed by atoms with E-state index in [4.69, 9.17) is 4.74 Å². The molecule has 31 heavy (non-hydrogen) atoms. The van der Waals surface area contributed by atoms with Crippen LogP contribution in [-0.4, -0.2) is 48.6 Å². The Morgan fingerprint density at radius 2 is 1.71 bits per heavy atom. The standard InChI is InChI=1S/C25H28N4O2/c1-2-31-25-23(9-6-14-26-25)24(30)27-21-10-12-22(13-11-21)29-17-15-28(16-18-29)19-20-7-4-3-5-8-20/h3-14H,2,15-19H2,1H3,(H,27,30). The van der Waals surface area contributed by atoms with Crippen molar-refractivity contribution >= 4 is 17.3 Å². The van der Waals surface area contributed by atoms with Crippen LogP contribution < -0.4 is 15.0 Å². The van der Waals surface area contributed by atoms with E-state index in [1.54, 1.807) is 18.3 Å². The van der Waals surface area contributed by atoms with Crippen LogP contribution in [-0.2, 0) is 6.54 Å². The number of benzene rings is 2. The van der Waals surface area contributed by atoms with Gasteiger partial charge in [0.2, 0.25) is 5.88 Å². The molecular weight excluding hydrogens is 388 g/mol. The topological polar surface area (TPSA) is 57.7 Å². The summed E-state index contributed by atoms with van der Waals surface area (Å²) in [6, 6.07) is 22.1. The van der Waals surface area contributed by atoms with Crippen molar-refractivity contribution < 1.29 is 9.53 Å². The maximum absolute atomic E-state index is 12.6. The molecule has 0 radical (unpaired) electrons. The third-order valence-corrected chi connectivity index (χ3v) is 5.41. The van der Waals surface area contributed by atoms with Gasteiger partial charge in [-0.25, -0.2) is 4.98 Å². The summed E-state index contributed by atoms with van der Waals surface area (Å²) in [5.41, 5.74) is 3.72. The van der Waals surface area contributed by atoms with Crippen LogP contribution in [0, 0.1) is 0 Å². The molecule has 1 saturated heterocycles. The van der Waals surface area contributed by atoms with Gasteiger partial charge >= 0.3 is 0 Å². The molecule has 0 bridgehead atoms. The van der Waals surface area contributed by atoms with Crippen LogP contribution in [0.3, 0.4) is 0 Å². The molecule has 0 unspecified atom stereocenters. The van der Waals surface area contributed by atoms with Gasteiger partial charge in [-0.05, 0) is 48.9 Å². The van der Waals surface area contributed by atoms with Crippen LogP contribution in [0.2, 0.25) is 0 Å². The first-order valence-electron chi connectivity index (χ1n) is 10.7. The van der Waals surface area contributed by atoms with Gasteiger partial charge in [-0.15, -0.1) is 0 Å². The summed E-state index contributed by atoms with van der Waals surface area (Å²) in [4.78, 5) is 21.7. The normalized spacial score (nSPS) is 14.3. The second-order valence-electron chi connectivity index (χ2n) is 7.54. The summed E-state index contributed by atoms with van der Waals surface area (Å²) in [5.74, 6) is 0.131. The molecule has 0 atom stereocenters. The van der Waals surface area contributed by atoms with Crippen LogP contribution in [0.1, 0.15) is 22.8 Å². The van der Waals surface area contributed by atoms with E-state index < -0.39 is 0 Å². The van der Waals surface area contributed by atoms with Crippen molar-refractivity contribution in [1.82, 2.24) is 9.88 Å². The molecule has 6 heteroatoms. The molecule has 160 valence electrons. The molecule has 0 aliphatic carbocycles. The molecule has 4 rings (SSSR count). The fraction of sp³-hybridized carbons (Fsp3) is 0.280. The van der Waals surface area contributed by atoms with E-state index in [0.717, 1.165) is 38.4 Å². The second-order valence-corrected chi connectivity index (χ2v) is 7.54. The summed E-state index contributed by atoms with van der Waals surface area (Å²) in [7, 11) is 0. The highest BCUT2D eigenvalue weighted by molar-refractivity contribution is 6.05. The number of carbonyl (C=O) groups excluding carboxylic acids is 1. The molecule has 1 fully saturated rings. The number of rotatable bonds is 7. The minimum Gasteiger partial charge on any atom is -0.477 e. The Morgan fingerprint density at radius 3 is 2.42 bits per heavy atom. The Morgan fingerprint density at radius 1 is 0.968 bits per heavy atom. The number of ether oxygens (including phenoxy) is 1.